The molecule has 1 fully saturated rings. The molecule has 3 nitrogen and oxygen atoms in total. The minimum atomic E-state index is -0.0848. The van der Waals surface area contributed by atoms with E-state index in [9.17, 15) is 4.79 Å². The second-order valence-corrected chi connectivity index (χ2v) is 3.83. The number of rotatable bonds is 1. The summed E-state index contributed by atoms with van der Waals surface area (Å²) in [5.74, 6) is 0. The summed E-state index contributed by atoms with van der Waals surface area (Å²) in [4.78, 5) is 11.4. The van der Waals surface area contributed by atoms with E-state index >= 15 is 0 Å². The van der Waals surface area contributed by atoms with Crippen molar-refractivity contribution in [2.75, 3.05) is 6.61 Å². The third-order valence-corrected chi connectivity index (χ3v) is 2.49. The second kappa shape index (κ2) is 3.64. The molecular formula is C9H9BrNO2. The van der Waals surface area contributed by atoms with Crippen LogP contribution < -0.4 is 5.56 Å². The van der Waals surface area contributed by atoms with Gasteiger partial charge >= 0.3 is 0 Å². The van der Waals surface area contributed by atoms with Crippen molar-refractivity contribution in [3.63, 3.8) is 0 Å². The first-order valence-electron chi connectivity index (χ1n) is 4.18. The van der Waals surface area contributed by atoms with Gasteiger partial charge in [0.05, 0.1) is 0 Å². The standard InChI is InChI=1S/C9H9BrNO2/c10-7-3-4-8(12)11(6-7)9-2-1-5-13-9/h4,6,9H,1-2,5H2. The fourth-order valence-corrected chi connectivity index (χ4v) is 1.77. The van der Waals surface area contributed by atoms with E-state index in [4.69, 9.17) is 4.74 Å². The fraction of sp³-hybridized carbons (Fsp3) is 0.444. The molecule has 1 aromatic rings. The van der Waals surface area contributed by atoms with Crippen molar-refractivity contribution in [3.8, 4) is 0 Å². The van der Waals surface area contributed by atoms with Gasteiger partial charge in [-0.15, -0.1) is 0 Å². The van der Waals surface area contributed by atoms with Gasteiger partial charge in [0.2, 0.25) is 0 Å². The van der Waals surface area contributed by atoms with Gasteiger partial charge < -0.3 is 4.74 Å². The highest BCUT2D eigenvalue weighted by molar-refractivity contribution is 9.10. The van der Waals surface area contributed by atoms with Crippen LogP contribution in [0.5, 0.6) is 0 Å². The van der Waals surface area contributed by atoms with E-state index in [0.29, 0.717) is 0 Å². The molecule has 0 aliphatic carbocycles. The number of nitrogens with zero attached hydrogens (tertiary/aromatic N) is 1. The average molecular weight is 243 g/mol. The minimum absolute atomic E-state index is 0.0601. The minimum Gasteiger partial charge on any atom is -0.358 e. The molecule has 0 N–H and O–H groups in total. The first kappa shape index (κ1) is 8.97. The lowest BCUT2D eigenvalue weighted by Gasteiger charge is -2.12. The summed E-state index contributed by atoms with van der Waals surface area (Å²) in [6.07, 6.45) is 3.57. The van der Waals surface area contributed by atoms with Gasteiger partial charge in [0, 0.05) is 29.4 Å². The molecule has 1 aromatic heterocycles. The maximum absolute atomic E-state index is 11.4. The van der Waals surface area contributed by atoms with E-state index < -0.39 is 0 Å². The van der Waals surface area contributed by atoms with Crippen molar-refractivity contribution >= 4 is 15.9 Å². The molecule has 0 spiro atoms. The maximum atomic E-state index is 11.4. The van der Waals surface area contributed by atoms with Crippen molar-refractivity contribution in [2.24, 2.45) is 0 Å². The number of ether oxygens (including phenoxy) is 1. The molecule has 2 rings (SSSR count). The number of pyridine rings is 1. The highest BCUT2D eigenvalue weighted by Crippen LogP contribution is 2.21. The third-order valence-electron chi connectivity index (χ3n) is 2.06. The molecule has 0 bridgehead atoms. The molecule has 0 aromatic carbocycles. The zero-order chi connectivity index (χ0) is 9.26. The van der Waals surface area contributed by atoms with Crippen LogP contribution in [0.15, 0.2) is 21.5 Å². The molecule has 2 heterocycles. The maximum Gasteiger partial charge on any atom is 0.253 e. The van der Waals surface area contributed by atoms with Crippen molar-refractivity contribution in [1.82, 2.24) is 4.57 Å². The lowest BCUT2D eigenvalue weighted by molar-refractivity contribution is 0.0536. The summed E-state index contributed by atoms with van der Waals surface area (Å²) in [6, 6.07) is 4.21. The van der Waals surface area contributed by atoms with Crippen LogP contribution in [0.2, 0.25) is 0 Å². The molecule has 13 heavy (non-hydrogen) atoms. The molecule has 0 saturated carbocycles. The highest BCUT2D eigenvalue weighted by Gasteiger charge is 2.17. The Kier molecular flexibility index (Phi) is 2.51. The lowest BCUT2D eigenvalue weighted by atomic mass is 10.3. The number of halogens is 1. The Morgan fingerprint density at radius 2 is 2.54 bits per heavy atom. The predicted molar refractivity (Wildman–Crippen MR) is 51.5 cm³/mol. The van der Waals surface area contributed by atoms with Crippen LogP contribution in [0, 0.1) is 6.07 Å². The predicted octanol–water partition coefficient (Wildman–Crippen LogP) is 1.72. The zero-order valence-electron chi connectivity index (χ0n) is 7.00. The number of hydrogen-bond donors (Lipinski definition) is 0. The largest absolute Gasteiger partial charge is 0.358 e. The first-order valence-corrected chi connectivity index (χ1v) is 4.97. The van der Waals surface area contributed by atoms with Crippen LogP contribution >= 0.6 is 15.9 Å². The smallest absolute Gasteiger partial charge is 0.253 e. The molecule has 1 aliphatic rings. The molecule has 1 aliphatic heterocycles. The molecule has 69 valence electrons. The molecule has 1 unspecified atom stereocenters. The van der Waals surface area contributed by atoms with Crippen LogP contribution in [0.4, 0.5) is 0 Å². The van der Waals surface area contributed by atoms with Crippen molar-refractivity contribution in [3.05, 3.63) is 33.2 Å². The quantitative estimate of drug-likeness (QED) is 0.751. The molecule has 4 heteroatoms. The second-order valence-electron chi connectivity index (χ2n) is 2.98. The molecule has 0 amide bonds. The van der Waals surface area contributed by atoms with Gasteiger partial charge in [-0.05, 0) is 28.8 Å². The summed E-state index contributed by atoms with van der Waals surface area (Å²) in [7, 11) is 0. The van der Waals surface area contributed by atoms with Gasteiger partial charge in [0.1, 0.15) is 6.23 Å². The van der Waals surface area contributed by atoms with Gasteiger partial charge in [0.25, 0.3) is 5.56 Å². The summed E-state index contributed by atoms with van der Waals surface area (Å²) in [5.41, 5.74) is -0.0601. The number of hydrogen-bond acceptors (Lipinski definition) is 2. The Morgan fingerprint density at radius 3 is 3.23 bits per heavy atom. The van der Waals surface area contributed by atoms with E-state index in [-0.39, 0.29) is 11.8 Å². The monoisotopic (exact) mass is 242 g/mol. The van der Waals surface area contributed by atoms with Crippen LogP contribution in [0.3, 0.4) is 0 Å². The third kappa shape index (κ3) is 1.84. The molecular weight excluding hydrogens is 234 g/mol. The molecule has 1 radical (unpaired) electrons. The van der Waals surface area contributed by atoms with Crippen molar-refractivity contribution in [2.45, 2.75) is 19.1 Å². The summed E-state index contributed by atoms with van der Waals surface area (Å²) >= 11 is 3.27. The zero-order valence-corrected chi connectivity index (χ0v) is 8.58. The van der Waals surface area contributed by atoms with Crippen LogP contribution in [-0.2, 0) is 4.74 Å². The topological polar surface area (TPSA) is 31.2 Å². The van der Waals surface area contributed by atoms with E-state index in [1.807, 2.05) is 0 Å². The van der Waals surface area contributed by atoms with E-state index in [0.717, 1.165) is 23.9 Å². The van der Waals surface area contributed by atoms with Crippen LogP contribution in [-0.4, -0.2) is 11.2 Å². The number of aromatic nitrogens is 1. The van der Waals surface area contributed by atoms with Crippen LogP contribution in [0.25, 0.3) is 0 Å². The van der Waals surface area contributed by atoms with E-state index in [1.54, 1.807) is 10.8 Å². The Hall–Kier alpha value is -0.610. The Labute approximate surface area is 84.5 Å². The van der Waals surface area contributed by atoms with Crippen LogP contribution in [0.1, 0.15) is 19.1 Å². The van der Waals surface area contributed by atoms with Crippen molar-refractivity contribution < 1.29 is 4.74 Å². The summed E-state index contributed by atoms with van der Waals surface area (Å²) in [6.45, 7) is 0.743. The van der Waals surface area contributed by atoms with E-state index in [1.165, 1.54) is 6.07 Å². The SMILES string of the molecule is O=c1c[c]c(Br)cn1C1CCCO1. The highest BCUT2D eigenvalue weighted by atomic mass is 79.9. The normalized spacial score (nSPS) is 22.1. The van der Waals surface area contributed by atoms with Gasteiger partial charge in [-0.1, -0.05) is 0 Å². The van der Waals surface area contributed by atoms with E-state index in [2.05, 4.69) is 22.0 Å². The Bertz CT molecular complexity index is 355. The van der Waals surface area contributed by atoms with Gasteiger partial charge in [0.15, 0.2) is 0 Å². The van der Waals surface area contributed by atoms with Gasteiger partial charge in [-0.2, -0.15) is 0 Å². The first-order chi connectivity index (χ1) is 6.27. The van der Waals surface area contributed by atoms with Gasteiger partial charge in [-0.3, -0.25) is 9.36 Å². The lowest BCUT2D eigenvalue weighted by Crippen LogP contribution is -2.22. The van der Waals surface area contributed by atoms with Gasteiger partial charge in [-0.25, -0.2) is 0 Å². The average Bonchev–Trinajstić information content (AvgIpc) is 2.61. The Balaban J connectivity index is 2.37. The summed E-state index contributed by atoms with van der Waals surface area (Å²) in [5, 5.41) is 0. The Morgan fingerprint density at radius 1 is 1.69 bits per heavy atom. The summed E-state index contributed by atoms with van der Waals surface area (Å²) < 4.78 is 7.79. The molecule has 1 saturated heterocycles. The molecule has 1 atom stereocenters. The van der Waals surface area contributed by atoms with Crippen molar-refractivity contribution in [1.29, 1.82) is 0 Å². The fourth-order valence-electron chi connectivity index (χ4n) is 1.43.